The van der Waals surface area contributed by atoms with Gasteiger partial charge in [-0.3, -0.25) is 4.98 Å². The number of fused-ring (bicyclic) bond motifs is 4. The summed E-state index contributed by atoms with van der Waals surface area (Å²) in [6, 6.07) is 70.2. The van der Waals surface area contributed by atoms with Gasteiger partial charge in [-0.15, -0.1) is 0 Å². The molecule has 0 amide bonds. The van der Waals surface area contributed by atoms with Crippen LogP contribution >= 0.6 is 0 Å². The second-order valence-electron chi connectivity index (χ2n) is 14.4. The summed E-state index contributed by atoms with van der Waals surface area (Å²) in [7, 11) is 0. The SMILES string of the molecule is [Pt]=[c]1n(-c2[c-]c(Oc3[c-]c4c(cc3)c3ccccc3n4-c3ccc(-c4cccnc4)cn3)ccc2)c2ccccc2n1-c1c(-c2ccccc2)cccc1-c1ccccc1. The zero-order valence-corrected chi connectivity index (χ0v) is 34.3. The molecule has 0 N–H and O–H groups in total. The molecule has 0 aliphatic carbocycles. The van der Waals surface area contributed by atoms with Crippen molar-refractivity contribution < 1.29 is 24.1 Å². The van der Waals surface area contributed by atoms with E-state index in [1.807, 2.05) is 48.8 Å². The molecule has 7 heteroatoms. The molecule has 0 aliphatic rings. The summed E-state index contributed by atoms with van der Waals surface area (Å²) in [6.07, 6.45) is 5.53. The molecule has 0 radical (unpaired) electrons. The molecular weight excluding hydrogens is 918 g/mol. The molecule has 11 rings (SSSR count). The Kier molecular flexibility index (Phi) is 8.98. The summed E-state index contributed by atoms with van der Waals surface area (Å²) in [5.41, 5.74) is 12.6. The number of pyridine rings is 2. The van der Waals surface area contributed by atoms with Gasteiger partial charge >= 0.3 is 294 Å². The normalized spacial score (nSPS) is 11.4. The first-order chi connectivity index (χ1) is 29.7. The predicted molar refractivity (Wildman–Crippen MR) is 236 cm³/mol. The third-order valence-electron chi connectivity index (χ3n) is 10.9. The first-order valence-electron chi connectivity index (χ1n) is 19.6. The number of ether oxygens (including phenoxy) is 1. The molecule has 4 heterocycles. The summed E-state index contributed by atoms with van der Waals surface area (Å²) in [4.78, 5) is 9.20. The standard InChI is InChI=1S/C53H33N5O.Pt/c1-3-14-37(15-4-1)44-22-12-23-45(38-16-5-2-6-17-38)53(44)57-36-56(49-25-9-10-26-50(49)57)41-19-11-20-42(32-41)59-43-28-29-47-46-21-7-8-24-48(46)58(51(47)33-43)52-30-27-40(35-55-52)39-18-13-31-54-34-39;/h1-31,34-35H;/q-2;. The van der Waals surface area contributed by atoms with Crippen molar-refractivity contribution in [2.45, 2.75) is 0 Å². The second kappa shape index (κ2) is 15.1. The molecule has 60 heavy (non-hydrogen) atoms. The van der Waals surface area contributed by atoms with Crippen molar-refractivity contribution in [3.63, 3.8) is 0 Å². The Morgan fingerprint density at radius 1 is 0.450 bits per heavy atom. The summed E-state index contributed by atoms with van der Waals surface area (Å²) >= 11 is 2.46. The van der Waals surface area contributed by atoms with E-state index in [1.165, 1.54) is 0 Å². The Balaban J connectivity index is 1.02. The first kappa shape index (κ1) is 35.7. The van der Waals surface area contributed by atoms with Gasteiger partial charge in [0.1, 0.15) is 0 Å². The van der Waals surface area contributed by atoms with Crippen molar-refractivity contribution in [3.8, 4) is 62.1 Å². The van der Waals surface area contributed by atoms with Crippen LogP contribution in [0, 0.1) is 15.9 Å². The molecule has 0 atom stereocenters. The zero-order valence-electron chi connectivity index (χ0n) is 32.0. The van der Waals surface area contributed by atoms with Crippen molar-refractivity contribution >= 4 is 32.8 Å². The molecular formula is C53H33N5OPt-2. The fraction of sp³-hybridized carbons (Fsp3) is 0. The second-order valence-corrected chi connectivity index (χ2v) is 15.4. The van der Waals surface area contributed by atoms with Crippen LogP contribution in [0.15, 0.2) is 201 Å². The Bertz CT molecular complexity index is 3350. The van der Waals surface area contributed by atoms with Gasteiger partial charge in [0.25, 0.3) is 0 Å². The molecule has 6 nitrogen and oxygen atoms in total. The number of benzene rings is 7. The van der Waals surface area contributed by atoms with E-state index in [2.05, 4.69) is 196 Å². The Labute approximate surface area is 357 Å². The zero-order chi connectivity index (χ0) is 40.0. The molecule has 0 aliphatic heterocycles. The fourth-order valence-corrected chi connectivity index (χ4v) is 9.25. The number of aromatic nitrogens is 5. The van der Waals surface area contributed by atoms with Crippen molar-refractivity contribution in [1.82, 2.24) is 23.7 Å². The van der Waals surface area contributed by atoms with Crippen molar-refractivity contribution in [1.29, 1.82) is 0 Å². The van der Waals surface area contributed by atoms with Crippen LogP contribution in [0.3, 0.4) is 0 Å². The molecule has 7 aromatic carbocycles. The van der Waals surface area contributed by atoms with Crippen LogP contribution in [0.4, 0.5) is 0 Å². The monoisotopic (exact) mass is 950 g/mol. The van der Waals surface area contributed by atoms with Crippen LogP contribution in [0.2, 0.25) is 0 Å². The van der Waals surface area contributed by atoms with Gasteiger partial charge in [0.2, 0.25) is 0 Å². The maximum absolute atomic E-state index is 6.64. The van der Waals surface area contributed by atoms with E-state index in [-0.39, 0.29) is 0 Å². The van der Waals surface area contributed by atoms with E-state index in [0.717, 1.165) is 87.2 Å². The number of para-hydroxylation sites is 4. The van der Waals surface area contributed by atoms with E-state index in [1.54, 1.807) is 6.20 Å². The van der Waals surface area contributed by atoms with Gasteiger partial charge in [0.15, 0.2) is 0 Å². The van der Waals surface area contributed by atoms with E-state index in [9.17, 15) is 0 Å². The van der Waals surface area contributed by atoms with Crippen molar-refractivity contribution in [3.05, 3.63) is 217 Å². The summed E-state index contributed by atoms with van der Waals surface area (Å²) < 4.78 is 14.4. The Hall–Kier alpha value is -7.40. The number of nitrogens with zero attached hydrogens (tertiary/aromatic N) is 5. The van der Waals surface area contributed by atoms with Gasteiger partial charge in [0, 0.05) is 29.7 Å². The third-order valence-corrected chi connectivity index (χ3v) is 11.9. The number of hydrogen-bond donors (Lipinski definition) is 0. The molecule has 0 unspecified atom stereocenters. The molecule has 0 saturated heterocycles. The maximum atomic E-state index is 6.64. The van der Waals surface area contributed by atoms with Gasteiger partial charge in [-0.25, -0.2) is 0 Å². The Morgan fingerprint density at radius 2 is 1.08 bits per heavy atom. The van der Waals surface area contributed by atoms with Crippen LogP contribution in [-0.2, 0) is 19.4 Å². The van der Waals surface area contributed by atoms with Crippen LogP contribution in [0.5, 0.6) is 11.5 Å². The predicted octanol–water partition coefficient (Wildman–Crippen LogP) is 12.8. The minimum atomic E-state index is 0.582. The van der Waals surface area contributed by atoms with Gasteiger partial charge in [-0.1, -0.05) is 18.2 Å². The average molecular weight is 951 g/mol. The Morgan fingerprint density at radius 3 is 1.78 bits per heavy atom. The van der Waals surface area contributed by atoms with Crippen LogP contribution in [0.25, 0.3) is 83.4 Å². The number of rotatable bonds is 8. The summed E-state index contributed by atoms with van der Waals surface area (Å²) in [6.45, 7) is 0. The fourth-order valence-electron chi connectivity index (χ4n) is 8.18. The molecule has 0 saturated carbocycles. The molecule has 288 valence electrons. The van der Waals surface area contributed by atoms with E-state index in [4.69, 9.17) is 9.72 Å². The third kappa shape index (κ3) is 6.21. The molecule has 0 fully saturated rings. The van der Waals surface area contributed by atoms with Gasteiger partial charge < -0.3 is 0 Å². The topological polar surface area (TPSA) is 49.8 Å². The number of hydrogen-bond acceptors (Lipinski definition) is 3. The minimum absolute atomic E-state index is 0.582. The molecule has 0 spiro atoms. The van der Waals surface area contributed by atoms with E-state index >= 15 is 0 Å². The van der Waals surface area contributed by atoms with E-state index < -0.39 is 0 Å². The van der Waals surface area contributed by atoms with Crippen LogP contribution in [0.1, 0.15) is 0 Å². The van der Waals surface area contributed by atoms with Gasteiger partial charge in [0.05, 0.1) is 0 Å². The first-order valence-corrected chi connectivity index (χ1v) is 20.8. The molecule has 4 aromatic heterocycles. The van der Waals surface area contributed by atoms with Crippen LogP contribution < -0.4 is 4.74 Å². The number of imidazole rings is 1. The van der Waals surface area contributed by atoms with Gasteiger partial charge in [-0.2, -0.15) is 0 Å². The van der Waals surface area contributed by atoms with E-state index in [0.29, 0.717) is 11.5 Å². The summed E-state index contributed by atoms with van der Waals surface area (Å²) in [5, 5.41) is 2.19. The molecule has 11 aromatic rings. The van der Waals surface area contributed by atoms with Crippen molar-refractivity contribution in [2.75, 3.05) is 0 Å². The summed E-state index contributed by atoms with van der Waals surface area (Å²) in [5.74, 6) is 1.96. The van der Waals surface area contributed by atoms with Crippen LogP contribution in [-0.4, -0.2) is 23.7 Å². The quantitative estimate of drug-likeness (QED) is 0.143. The van der Waals surface area contributed by atoms with Crippen molar-refractivity contribution in [2.24, 2.45) is 0 Å². The average Bonchev–Trinajstić information content (AvgIpc) is 3.80. The molecule has 0 bridgehead atoms. The van der Waals surface area contributed by atoms with Gasteiger partial charge in [-0.05, 0) is 12.1 Å².